The molecule has 0 fully saturated rings. The maximum Gasteiger partial charge on any atom is 0.417 e. The van der Waals surface area contributed by atoms with Crippen LogP contribution >= 0.6 is 0 Å². The van der Waals surface area contributed by atoms with Crippen molar-refractivity contribution in [2.24, 2.45) is 5.10 Å². The molecule has 9 heteroatoms. The van der Waals surface area contributed by atoms with Crippen LogP contribution in [0.15, 0.2) is 23.4 Å². The third kappa shape index (κ3) is 4.22. The molecule has 0 bridgehead atoms. The summed E-state index contributed by atoms with van der Waals surface area (Å²) >= 11 is 0. The second-order valence-electron chi connectivity index (χ2n) is 5.58. The SMILES string of the molecule is CCOC(=O)c1c(C)[nH]c(/C(C)=N/Nc2ccc(C(F)(F)F)cn2)c1C. The van der Waals surface area contributed by atoms with E-state index >= 15 is 0 Å². The monoisotopic (exact) mass is 368 g/mol. The molecule has 0 aliphatic heterocycles. The average molecular weight is 368 g/mol. The maximum absolute atomic E-state index is 12.5. The summed E-state index contributed by atoms with van der Waals surface area (Å²) in [5.74, 6) is -0.251. The molecular formula is C17H19F3N4O2. The van der Waals surface area contributed by atoms with Crippen molar-refractivity contribution in [1.29, 1.82) is 0 Å². The number of ether oxygens (including phenoxy) is 1. The first-order valence-electron chi connectivity index (χ1n) is 7.85. The first kappa shape index (κ1) is 19.5. The third-order valence-electron chi connectivity index (χ3n) is 3.71. The highest BCUT2D eigenvalue weighted by Crippen LogP contribution is 2.28. The number of rotatable bonds is 5. The van der Waals surface area contributed by atoms with Gasteiger partial charge in [0.2, 0.25) is 0 Å². The Morgan fingerprint density at radius 2 is 2.04 bits per heavy atom. The molecule has 0 aliphatic rings. The highest BCUT2D eigenvalue weighted by Gasteiger charge is 2.30. The number of hydrogen-bond acceptors (Lipinski definition) is 5. The molecule has 0 saturated heterocycles. The minimum atomic E-state index is -4.44. The predicted octanol–water partition coefficient (Wildman–Crippen LogP) is 4.06. The van der Waals surface area contributed by atoms with Gasteiger partial charge in [-0.1, -0.05) is 0 Å². The van der Waals surface area contributed by atoms with Gasteiger partial charge in [0.25, 0.3) is 0 Å². The van der Waals surface area contributed by atoms with Crippen LogP contribution in [0.1, 0.15) is 46.7 Å². The van der Waals surface area contributed by atoms with E-state index in [1.807, 2.05) is 0 Å². The van der Waals surface area contributed by atoms with Crippen molar-refractivity contribution in [3.8, 4) is 0 Å². The molecule has 6 nitrogen and oxygen atoms in total. The number of hydrazone groups is 1. The van der Waals surface area contributed by atoms with Crippen molar-refractivity contribution in [3.05, 3.63) is 46.4 Å². The Kier molecular flexibility index (Phi) is 5.69. The Bertz CT molecular complexity index is 824. The number of pyridine rings is 1. The van der Waals surface area contributed by atoms with Crippen LogP contribution in [0.4, 0.5) is 19.0 Å². The van der Waals surface area contributed by atoms with Crippen molar-refractivity contribution in [2.75, 3.05) is 12.0 Å². The molecule has 26 heavy (non-hydrogen) atoms. The van der Waals surface area contributed by atoms with Gasteiger partial charge in [0.15, 0.2) is 0 Å². The van der Waals surface area contributed by atoms with Crippen LogP contribution in [0.3, 0.4) is 0 Å². The highest BCUT2D eigenvalue weighted by atomic mass is 19.4. The molecule has 0 spiro atoms. The molecule has 2 aromatic rings. The summed E-state index contributed by atoms with van der Waals surface area (Å²) in [7, 11) is 0. The fraction of sp³-hybridized carbons (Fsp3) is 0.353. The van der Waals surface area contributed by atoms with Crippen LogP contribution < -0.4 is 5.43 Å². The minimum absolute atomic E-state index is 0.170. The number of hydrogen-bond donors (Lipinski definition) is 2. The van der Waals surface area contributed by atoms with Crippen LogP contribution in [0, 0.1) is 13.8 Å². The van der Waals surface area contributed by atoms with Gasteiger partial charge in [0.1, 0.15) is 5.82 Å². The number of aromatic amines is 1. The molecule has 2 aromatic heterocycles. The van der Waals surface area contributed by atoms with E-state index in [1.165, 1.54) is 6.07 Å². The van der Waals surface area contributed by atoms with Crippen LogP contribution in [-0.4, -0.2) is 28.3 Å². The number of nitrogens with zero attached hydrogens (tertiary/aromatic N) is 2. The van der Waals surface area contributed by atoms with E-state index in [0.29, 0.717) is 28.2 Å². The molecule has 2 N–H and O–H groups in total. The van der Waals surface area contributed by atoms with Crippen LogP contribution in [-0.2, 0) is 10.9 Å². The lowest BCUT2D eigenvalue weighted by atomic mass is 10.1. The van der Waals surface area contributed by atoms with Crippen LogP contribution in [0.2, 0.25) is 0 Å². The zero-order valence-electron chi connectivity index (χ0n) is 14.8. The molecule has 2 rings (SSSR count). The topological polar surface area (TPSA) is 79.4 Å². The fourth-order valence-electron chi connectivity index (χ4n) is 2.45. The Morgan fingerprint density at radius 1 is 1.35 bits per heavy atom. The molecule has 2 heterocycles. The van der Waals surface area contributed by atoms with E-state index in [9.17, 15) is 18.0 Å². The summed E-state index contributed by atoms with van der Waals surface area (Å²) in [5.41, 5.74) is 4.70. The first-order valence-corrected chi connectivity index (χ1v) is 7.85. The second kappa shape index (κ2) is 7.59. The van der Waals surface area contributed by atoms with Gasteiger partial charge in [0, 0.05) is 11.9 Å². The van der Waals surface area contributed by atoms with Gasteiger partial charge in [-0.2, -0.15) is 18.3 Å². The lowest BCUT2D eigenvalue weighted by molar-refractivity contribution is -0.137. The standard InChI is InChI=1S/C17H19F3N4O2/c1-5-26-16(25)14-9(2)15(22-10(14)3)11(4)23-24-13-7-6-12(8-21-13)17(18,19)20/h6-8,22H,5H2,1-4H3,(H,21,24)/b23-11+. The van der Waals surface area contributed by atoms with E-state index in [1.54, 1.807) is 27.7 Å². The summed E-state index contributed by atoms with van der Waals surface area (Å²) in [5, 5.41) is 4.12. The molecule has 0 aromatic carbocycles. The third-order valence-corrected chi connectivity index (χ3v) is 3.71. The zero-order chi connectivity index (χ0) is 19.5. The zero-order valence-corrected chi connectivity index (χ0v) is 14.8. The minimum Gasteiger partial charge on any atom is -0.462 e. The molecule has 0 amide bonds. The van der Waals surface area contributed by atoms with E-state index < -0.39 is 17.7 Å². The Morgan fingerprint density at radius 3 is 2.58 bits per heavy atom. The van der Waals surface area contributed by atoms with Crippen molar-refractivity contribution in [1.82, 2.24) is 9.97 Å². The Labute approximate surface area is 148 Å². The Hall–Kier alpha value is -2.84. The van der Waals surface area contributed by atoms with Gasteiger partial charge in [-0.3, -0.25) is 5.43 Å². The van der Waals surface area contributed by atoms with Crippen molar-refractivity contribution in [3.63, 3.8) is 0 Å². The lowest BCUT2D eigenvalue weighted by Crippen LogP contribution is -2.08. The number of aryl methyl sites for hydroxylation is 1. The number of alkyl halides is 3. The maximum atomic E-state index is 12.5. The highest BCUT2D eigenvalue weighted by molar-refractivity contribution is 6.03. The molecule has 0 aliphatic carbocycles. The number of carbonyl (C=O) groups excluding carboxylic acids is 1. The largest absolute Gasteiger partial charge is 0.462 e. The summed E-state index contributed by atoms with van der Waals surface area (Å²) in [4.78, 5) is 18.8. The number of H-pyrrole nitrogens is 1. The number of aromatic nitrogens is 2. The van der Waals surface area contributed by atoms with Crippen LogP contribution in [0.5, 0.6) is 0 Å². The van der Waals surface area contributed by atoms with Gasteiger partial charge in [-0.15, -0.1) is 0 Å². The van der Waals surface area contributed by atoms with Gasteiger partial charge >= 0.3 is 12.1 Å². The smallest absolute Gasteiger partial charge is 0.417 e. The predicted molar refractivity (Wildman–Crippen MR) is 91.3 cm³/mol. The summed E-state index contributed by atoms with van der Waals surface area (Å²) in [6.45, 7) is 7.21. The normalized spacial score (nSPS) is 12.2. The van der Waals surface area contributed by atoms with Gasteiger partial charge in [0.05, 0.1) is 29.1 Å². The summed E-state index contributed by atoms with van der Waals surface area (Å²) in [6, 6.07) is 2.11. The van der Waals surface area contributed by atoms with Crippen LogP contribution in [0.25, 0.3) is 0 Å². The second-order valence-corrected chi connectivity index (χ2v) is 5.58. The van der Waals surface area contributed by atoms with E-state index in [4.69, 9.17) is 4.74 Å². The molecule has 0 radical (unpaired) electrons. The summed E-state index contributed by atoms with van der Waals surface area (Å²) in [6.07, 6.45) is -3.71. The van der Waals surface area contributed by atoms with E-state index in [-0.39, 0.29) is 12.4 Å². The van der Waals surface area contributed by atoms with Crippen molar-refractivity contribution < 1.29 is 22.7 Å². The summed E-state index contributed by atoms with van der Waals surface area (Å²) < 4.78 is 42.6. The Balaban J connectivity index is 2.20. The average Bonchev–Trinajstić information content (AvgIpc) is 2.87. The quantitative estimate of drug-likeness (QED) is 0.474. The first-order chi connectivity index (χ1) is 12.1. The van der Waals surface area contributed by atoms with E-state index in [2.05, 4.69) is 20.5 Å². The number of halogens is 3. The fourth-order valence-corrected chi connectivity index (χ4v) is 2.45. The molecule has 0 saturated carbocycles. The van der Waals surface area contributed by atoms with Crippen molar-refractivity contribution in [2.45, 2.75) is 33.9 Å². The molecule has 0 unspecified atom stereocenters. The molecule has 140 valence electrons. The molecular weight excluding hydrogens is 349 g/mol. The molecule has 0 atom stereocenters. The van der Waals surface area contributed by atoms with Gasteiger partial charge < -0.3 is 9.72 Å². The number of esters is 1. The van der Waals surface area contributed by atoms with Gasteiger partial charge in [-0.05, 0) is 45.4 Å². The number of anilines is 1. The van der Waals surface area contributed by atoms with Crippen molar-refractivity contribution >= 4 is 17.5 Å². The van der Waals surface area contributed by atoms with Gasteiger partial charge in [-0.25, -0.2) is 9.78 Å². The van der Waals surface area contributed by atoms with E-state index in [0.717, 1.165) is 12.3 Å². The number of nitrogens with one attached hydrogen (secondary N) is 2. The number of carbonyl (C=O) groups is 1. The lowest BCUT2D eigenvalue weighted by Gasteiger charge is -2.07.